The highest BCUT2D eigenvalue weighted by molar-refractivity contribution is 7.16. The molecule has 1 aromatic carbocycles. The van der Waals surface area contributed by atoms with Crippen molar-refractivity contribution in [1.82, 2.24) is 4.98 Å². The number of aromatic nitrogens is 1. The standard InChI is InChI=1S/C15H15FN2OS/c1-8-7-12(8)14(19)18-15-17-13(9(2)20-15)10-3-5-11(16)6-4-10/h3-6,8,12H,7H2,1-2H3,(H,17,18,19)/t8-,12+/m1/s1. The first-order valence-corrected chi connectivity index (χ1v) is 7.40. The highest BCUT2D eigenvalue weighted by Gasteiger charge is 2.39. The molecule has 20 heavy (non-hydrogen) atoms. The van der Waals surface area contributed by atoms with E-state index in [1.54, 1.807) is 12.1 Å². The van der Waals surface area contributed by atoms with Gasteiger partial charge in [0, 0.05) is 16.4 Å². The number of hydrogen-bond donors (Lipinski definition) is 1. The second-order valence-corrected chi connectivity index (χ2v) is 6.44. The summed E-state index contributed by atoms with van der Waals surface area (Å²) in [7, 11) is 0. The van der Waals surface area contributed by atoms with E-state index in [-0.39, 0.29) is 17.6 Å². The molecule has 1 amide bonds. The largest absolute Gasteiger partial charge is 0.302 e. The molecule has 1 aromatic heterocycles. The molecular formula is C15H15FN2OS. The van der Waals surface area contributed by atoms with Gasteiger partial charge in [0.25, 0.3) is 0 Å². The first-order chi connectivity index (χ1) is 9.54. The third kappa shape index (κ3) is 2.58. The van der Waals surface area contributed by atoms with Crippen molar-refractivity contribution in [3.05, 3.63) is 35.0 Å². The van der Waals surface area contributed by atoms with Crippen molar-refractivity contribution in [1.29, 1.82) is 0 Å². The number of benzene rings is 1. The summed E-state index contributed by atoms with van der Waals surface area (Å²) in [5.41, 5.74) is 1.66. The number of rotatable bonds is 3. The number of aryl methyl sites for hydroxylation is 1. The predicted molar refractivity (Wildman–Crippen MR) is 78.1 cm³/mol. The van der Waals surface area contributed by atoms with Crippen LogP contribution in [0, 0.1) is 24.6 Å². The van der Waals surface area contributed by atoms with E-state index in [2.05, 4.69) is 17.2 Å². The second-order valence-electron chi connectivity index (χ2n) is 5.24. The molecule has 3 nitrogen and oxygen atoms in total. The average molecular weight is 290 g/mol. The van der Waals surface area contributed by atoms with Crippen LogP contribution >= 0.6 is 11.3 Å². The van der Waals surface area contributed by atoms with E-state index in [1.807, 2.05) is 6.92 Å². The molecule has 1 aliphatic carbocycles. The zero-order valence-corrected chi connectivity index (χ0v) is 12.1. The first-order valence-electron chi connectivity index (χ1n) is 6.59. The van der Waals surface area contributed by atoms with Gasteiger partial charge in [-0.3, -0.25) is 4.79 Å². The lowest BCUT2D eigenvalue weighted by molar-refractivity contribution is -0.117. The Balaban J connectivity index is 1.80. The Morgan fingerprint density at radius 1 is 1.40 bits per heavy atom. The summed E-state index contributed by atoms with van der Waals surface area (Å²) in [6, 6.07) is 6.23. The summed E-state index contributed by atoms with van der Waals surface area (Å²) in [6.07, 6.45) is 0.959. The molecule has 0 radical (unpaired) electrons. The van der Waals surface area contributed by atoms with E-state index in [4.69, 9.17) is 0 Å². The number of thiazole rings is 1. The van der Waals surface area contributed by atoms with Gasteiger partial charge in [-0.1, -0.05) is 6.92 Å². The van der Waals surface area contributed by atoms with Gasteiger partial charge in [0.05, 0.1) is 5.69 Å². The average Bonchev–Trinajstić information content (AvgIpc) is 3.03. The lowest BCUT2D eigenvalue weighted by Gasteiger charge is -1.99. The van der Waals surface area contributed by atoms with Crippen LogP contribution in [-0.4, -0.2) is 10.9 Å². The van der Waals surface area contributed by atoms with Crippen molar-refractivity contribution in [2.24, 2.45) is 11.8 Å². The van der Waals surface area contributed by atoms with Crippen molar-refractivity contribution < 1.29 is 9.18 Å². The van der Waals surface area contributed by atoms with Crippen molar-refractivity contribution in [3.63, 3.8) is 0 Å². The number of nitrogens with one attached hydrogen (secondary N) is 1. The van der Waals surface area contributed by atoms with E-state index in [0.29, 0.717) is 11.0 Å². The zero-order valence-electron chi connectivity index (χ0n) is 11.3. The Morgan fingerprint density at radius 3 is 2.65 bits per heavy atom. The van der Waals surface area contributed by atoms with Gasteiger partial charge >= 0.3 is 0 Å². The van der Waals surface area contributed by atoms with Crippen LogP contribution in [0.3, 0.4) is 0 Å². The van der Waals surface area contributed by atoms with Gasteiger partial charge in [0.2, 0.25) is 5.91 Å². The third-order valence-corrected chi connectivity index (χ3v) is 4.48. The summed E-state index contributed by atoms with van der Waals surface area (Å²) >= 11 is 1.45. The first kappa shape index (κ1) is 13.2. The minimum atomic E-state index is -0.266. The van der Waals surface area contributed by atoms with Crippen molar-refractivity contribution >= 4 is 22.4 Å². The van der Waals surface area contributed by atoms with Crippen LogP contribution in [-0.2, 0) is 4.79 Å². The van der Waals surface area contributed by atoms with E-state index in [0.717, 1.165) is 22.6 Å². The predicted octanol–water partition coefficient (Wildman–Crippen LogP) is 3.85. The van der Waals surface area contributed by atoms with Crippen LogP contribution in [0.5, 0.6) is 0 Å². The van der Waals surface area contributed by atoms with Gasteiger partial charge in [-0.15, -0.1) is 11.3 Å². The van der Waals surface area contributed by atoms with Crippen LogP contribution in [0.15, 0.2) is 24.3 Å². The van der Waals surface area contributed by atoms with Crippen LogP contribution in [0.1, 0.15) is 18.2 Å². The molecule has 0 unspecified atom stereocenters. The minimum Gasteiger partial charge on any atom is -0.302 e. The van der Waals surface area contributed by atoms with Gasteiger partial charge in [-0.25, -0.2) is 9.37 Å². The van der Waals surface area contributed by atoms with Gasteiger partial charge in [-0.05, 0) is 43.5 Å². The molecule has 0 spiro atoms. The molecule has 5 heteroatoms. The third-order valence-electron chi connectivity index (χ3n) is 3.59. The maximum atomic E-state index is 12.9. The highest BCUT2D eigenvalue weighted by atomic mass is 32.1. The number of hydrogen-bond acceptors (Lipinski definition) is 3. The Hall–Kier alpha value is -1.75. The van der Waals surface area contributed by atoms with Gasteiger partial charge in [0.15, 0.2) is 5.13 Å². The van der Waals surface area contributed by atoms with Gasteiger partial charge in [0.1, 0.15) is 5.82 Å². The van der Waals surface area contributed by atoms with Crippen molar-refractivity contribution in [2.45, 2.75) is 20.3 Å². The molecule has 2 atom stereocenters. The summed E-state index contributed by atoms with van der Waals surface area (Å²) < 4.78 is 12.9. The molecular weight excluding hydrogens is 275 g/mol. The number of carbonyl (C=O) groups is 1. The molecule has 104 valence electrons. The minimum absolute atomic E-state index is 0.0527. The van der Waals surface area contributed by atoms with E-state index >= 15 is 0 Å². The van der Waals surface area contributed by atoms with Crippen molar-refractivity contribution in [3.8, 4) is 11.3 Å². The normalized spacial score (nSPS) is 20.8. The Bertz CT molecular complexity index is 650. The number of nitrogens with zero attached hydrogens (tertiary/aromatic N) is 1. The zero-order chi connectivity index (χ0) is 14.3. The second kappa shape index (κ2) is 4.98. The molecule has 1 saturated carbocycles. The molecule has 0 saturated heterocycles. The SMILES string of the molecule is Cc1sc(NC(=O)[C@H]2C[C@H]2C)nc1-c1ccc(F)cc1. The molecule has 0 aliphatic heterocycles. The van der Waals surface area contributed by atoms with Crippen LogP contribution in [0.25, 0.3) is 11.3 Å². The van der Waals surface area contributed by atoms with Crippen LogP contribution in [0.4, 0.5) is 9.52 Å². The quantitative estimate of drug-likeness (QED) is 0.933. The van der Waals surface area contributed by atoms with E-state index in [1.165, 1.54) is 23.5 Å². The van der Waals surface area contributed by atoms with Crippen LogP contribution in [0.2, 0.25) is 0 Å². The van der Waals surface area contributed by atoms with Crippen LogP contribution < -0.4 is 5.32 Å². The van der Waals surface area contributed by atoms with E-state index < -0.39 is 0 Å². The summed E-state index contributed by atoms with van der Waals surface area (Å²) in [4.78, 5) is 17.4. The number of anilines is 1. The number of amides is 1. The lowest BCUT2D eigenvalue weighted by Crippen LogP contribution is -2.14. The van der Waals surface area contributed by atoms with E-state index in [9.17, 15) is 9.18 Å². The Labute approximate surface area is 120 Å². The fourth-order valence-electron chi connectivity index (χ4n) is 2.21. The lowest BCUT2D eigenvalue weighted by atomic mass is 10.1. The summed E-state index contributed by atoms with van der Waals surface area (Å²) in [6.45, 7) is 4.02. The number of carbonyl (C=O) groups excluding carboxylic acids is 1. The number of halogens is 1. The Kier molecular flexibility index (Phi) is 3.30. The maximum absolute atomic E-state index is 12.9. The summed E-state index contributed by atoms with van der Waals surface area (Å²) in [5, 5.41) is 3.49. The molecule has 1 heterocycles. The smallest absolute Gasteiger partial charge is 0.229 e. The van der Waals surface area contributed by atoms with Gasteiger partial charge < -0.3 is 5.32 Å². The maximum Gasteiger partial charge on any atom is 0.229 e. The molecule has 0 bridgehead atoms. The molecule has 1 fully saturated rings. The fourth-order valence-corrected chi connectivity index (χ4v) is 3.05. The monoisotopic (exact) mass is 290 g/mol. The molecule has 1 N–H and O–H groups in total. The molecule has 2 aromatic rings. The Morgan fingerprint density at radius 2 is 2.05 bits per heavy atom. The molecule has 1 aliphatic rings. The topological polar surface area (TPSA) is 42.0 Å². The van der Waals surface area contributed by atoms with Crippen molar-refractivity contribution in [2.75, 3.05) is 5.32 Å². The fraction of sp³-hybridized carbons (Fsp3) is 0.333. The highest BCUT2D eigenvalue weighted by Crippen LogP contribution is 2.39. The summed E-state index contributed by atoms with van der Waals surface area (Å²) in [5.74, 6) is 0.399. The van der Waals surface area contributed by atoms with Gasteiger partial charge in [-0.2, -0.15) is 0 Å². The molecule has 3 rings (SSSR count).